The highest BCUT2D eigenvalue weighted by Gasteiger charge is 2.59. The van der Waals surface area contributed by atoms with Crippen molar-refractivity contribution in [3.05, 3.63) is 11.6 Å². The van der Waals surface area contributed by atoms with Gasteiger partial charge in [-0.05, 0) is 104 Å². The van der Waals surface area contributed by atoms with E-state index in [4.69, 9.17) is 4.74 Å². The summed E-state index contributed by atoms with van der Waals surface area (Å²) in [4.78, 5) is 0. The van der Waals surface area contributed by atoms with E-state index in [2.05, 4.69) is 47.6 Å². The molecular weight excluding hydrogens is 388 g/mol. The van der Waals surface area contributed by atoms with Crippen LogP contribution in [0.3, 0.4) is 0 Å². The van der Waals surface area contributed by atoms with Crippen molar-refractivity contribution in [1.29, 1.82) is 0 Å². The van der Waals surface area contributed by atoms with Gasteiger partial charge in [-0.15, -0.1) is 0 Å². The second-order valence-corrected chi connectivity index (χ2v) is 13.4. The highest BCUT2D eigenvalue weighted by molar-refractivity contribution is 5.25. The number of ether oxygens (including phenoxy) is 1. The summed E-state index contributed by atoms with van der Waals surface area (Å²) in [7, 11) is 0. The smallest absolute Gasteiger partial charge is 0.0612 e. The zero-order chi connectivity index (χ0) is 22.9. The summed E-state index contributed by atoms with van der Waals surface area (Å²) in [5.41, 5.74) is 2.86. The zero-order valence-electron chi connectivity index (χ0n) is 22.4. The molecule has 0 bridgehead atoms. The van der Waals surface area contributed by atoms with Gasteiger partial charge in [-0.25, -0.2) is 0 Å². The van der Waals surface area contributed by atoms with E-state index in [1.165, 1.54) is 83.5 Å². The predicted molar refractivity (Wildman–Crippen MR) is 138 cm³/mol. The van der Waals surface area contributed by atoms with E-state index in [0.717, 1.165) is 42.1 Å². The molecule has 0 unspecified atom stereocenters. The van der Waals surface area contributed by atoms with Crippen LogP contribution in [0.25, 0.3) is 0 Å². The molecule has 0 aromatic heterocycles. The lowest BCUT2D eigenvalue weighted by Crippen LogP contribution is -2.51. The third-order valence-corrected chi connectivity index (χ3v) is 11.1. The predicted octanol–water partition coefficient (Wildman–Crippen LogP) is 9.21. The zero-order valence-corrected chi connectivity index (χ0v) is 22.4. The molecule has 1 heteroatoms. The highest BCUT2D eigenvalue weighted by atomic mass is 16.5. The van der Waals surface area contributed by atoms with Crippen LogP contribution in [-0.2, 0) is 4.74 Å². The Bertz CT molecular complexity index is 649. The maximum atomic E-state index is 6.29. The van der Waals surface area contributed by atoms with E-state index in [1.807, 2.05) is 0 Å². The monoisotopic (exact) mass is 442 g/mol. The molecule has 184 valence electrons. The summed E-state index contributed by atoms with van der Waals surface area (Å²) in [6.07, 6.45) is 21.2. The minimum Gasteiger partial charge on any atom is -0.378 e. The summed E-state index contributed by atoms with van der Waals surface area (Å²) in [5.74, 6) is 5.62. The third kappa shape index (κ3) is 4.63. The molecular formula is C31H54O. The topological polar surface area (TPSA) is 9.23 Å². The first-order valence-corrected chi connectivity index (χ1v) is 14.6. The fraction of sp³-hybridized carbons (Fsp3) is 0.935. The van der Waals surface area contributed by atoms with Gasteiger partial charge in [0.25, 0.3) is 0 Å². The molecule has 0 heterocycles. The first kappa shape index (κ1) is 24.8. The number of allylic oxidation sites excluding steroid dienone is 1. The maximum Gasteiger partial charge on any atom is 0.0612 e. The van der Waals surface area contributed by atoms with Crippen LogP contribution in [-0.4, -0.2) is 12.7 Å². The summed E-state index contributed by atoms with van der Waals surface area (Å²) in [5, 5.41) is 0. The molecule has 0 N–H and O–H groups in total. The molecule has 4 aliphatic rings. The van der Waals surface area contributed by atoms with Crippen molar-refractivity contribution in [3.8, 4) is 0 Å². The number of rotatable bonds is 9. The first-order valence-electron chi connectivity index (χ1n) is 14.6. The van der Waals surface area contributed by atoms with Gasteiger partial charge in [0.05, 0.1) is 6.10 Å². The van der Waals surface area contributed by atoms with Crippen LogP contribution >= 0.6 is 0 Å². The third-order valence-electron chi connectivity index (χ3n) is 11.1. The van der Waals surface area contributed by atoms with Crippen LogP contribution in [0, 0.1) is 46.3 Å². The number of hydrogen-bond donors (Lipinski definition) is 0. The fourth-order valence-corrected chi connectivity index (χ4v) is 9.19. The van der Waals surface area contributed by atoms with Gasteiger partial charge in [0.1, 0.15) is 0 Å². The van der Waals surface area contributed by atoms with Crippen LogP contribution in [0.4, 0.5) is 0 Å². The molecule has 3 fully saturated rings. The Kier molecular flexibility index (Phi) is 7.86. The molecule has 4 aliphatic carbocycles. The van der Waals surface area contributed by atoms with Gasteiger partial charge in [0.15, 0.2) is 0 Å². The molecule has 3 saturated carbocycles. The van der Waals surface area contributed by atoms with Crippen LogP contribution in [0.1, 0.15) is 125 Å². The Hall–Kier alpha value is -0.300. The van der Waals surface area contributed by atoms with Crippen LogP contribution < -0.4 is 0 Å². The van der Waals surface area contributed by atoms with Crippen LogP contribution in [0.2, 0.25) is 0 Å². The van der Waals surface area contributed by atoms with E-state index in [1.54, 1.807) is 5.57 Å². The molecule has 8 atom stereocenters. The summed E-state index contributed by atoms with van der Waals surface area (Å²) in [6, 6.07) is 0. The summed E-state index contributed by atoms with van der Waals surface area (Å²) in [6.45, 7) is 16.0. The summed E-state index contributed by atoms with van der Waals surface area (Å²) >= 11 is 0. The Morgan fingerprint density at radius 2 is 1.78 bits per heavy atom. The molecule has 0 aromatic carbocycles. The van der Waals surface area contributed by atoms with Crippen LogP contribution in [0.15, 0.2) is 11.6 Å². The molecule has 0 aliphatic heterocycles. The van der Waals surface area contributed by atoms with Gasteiger partial charge < -0.3 is 4.74 Å². The largest absolute Gasteiger partial charge is 0.378 e. The normalized spacial score (nSPS) is 42.2. The van der Waals surface area contributed by atoms with Crippen molar-refractivity contribution in [2.75, 3.05) is 6.61 Å². The highest BCUT2D eigenvalue weighted by Crippen LogP contribution is 2.67. The van der Waals surface area contributed by atoms with Crippen molar-refractivity contribution >= 4 is 0 Å². The molecule has 0 amide bonds. The Balaban J connectivity index is 1.42. The average Bonchev–Trinajstić information content (AvgIpc) is 3.11. The molecule has 0 aromatic rings. The molecule has 32 heavy (non-hydrogen) atoms. The average molecular weight is 443 g/mol. The SMILES string of the molecule is CCCCO[C@@H]1CC[C@@]2(C)C(=CC[C@H]3[C@@H]4CC[C@H]([C@@H](C)CCCC(C)C)[C@@]4(C)CC[C@@H]32)C1. The quantitative estimate of drug-likeness (QED) is 0.255. The molecule has 0 saturated heterocycles. The standard InChI is InChI=1S/C31H54O/c1-7-8-20-32-25-16-18-30(5)24(21-25)12-13-26-28-15-14-27(23(4)11-9-10-22(2)3)31(28,6)19-17-29(26)30/h12,22-23,25-29H,7-11,13-21H2,1-6H3/t23-,25+,26-,27+,28-,29-,30-,31+/m0/s1. The first-order chi connectivity index (χ1) is 15.3. The lowest BCUT2D eigenvalue weighted by atomic mass is 9.47. The van der Waals surface area contributed by atoms with Crippen molar-refractivity contribution in [1.82, 2.24) is 0 Å². The van der Waals surface area contributed by atoms with Crippen molar-refractivity contribution in [3.63, 3.8) is 0 Å². The number of unbranched alkanes of at least 4 members (excludes halogenated alkanes) is 1. The Morgan fingerprint density at radius 3 is 2.53 bits per heavy atom. The van der Waals surface area contributed by atoms with Crippen molar-refractivity contribution < 1.29 is 4.74 Å². The minimum absolute atomic E-state index is 0.468. The number of fused-ring (bicyclic) bond motifs is 5. The molecule has 0 spiro atoms. The Morgan fingerprint density at radius 1 is 0.969 bits per heavy atom. The van der Waals surface area contributed by atoms with E-state index < -0.39 is 0 Å². The minimum atomic E-state index is 0.468. The second-order valence-electron chi connectivity index (χ2n) is 13.4. The van der Waals surface area contributed by atoms with Gasteiger partial charge >= 0.3 is 0 Å². The van der Waals surface area contributed by atoms with E-state index >= 15 is 0 Å². The van der Waals surface area contributed by atoms with Gasteiger partial charge in [-0.3, -0.25) is 0 Å². The van der Waals surface area contributed by atoms with Gasteiger partial charge in [-0.1, -0.05) is 78.9 Å². The Labute approximate surface area is 200 Å². The van der Waals surface area contributed by atoms with Gasteiger partial charge in [0, 0.05) is 6.61 Å². The van der Waals surface area contributed by atoms with E-state index in [9.17, 15) is 0 Å². The van der Waals surface area contributed by atoms with Gasteiger partial charge in [0.2, 0.25) is 0 Å². The maximum absolute atomic E-state index is 6.29. The number of hydrogen-bond acceptors (Lipinski definition) is 1. The fourth-order valence-electron chi connectivity index (χ4n) is 9.19. The van der Waals surface area contributed by atoms with Crippen molar-refractivity contribution in [2.45, 2.75) is 131 Å². The second kappa shape index (κ2) is 10.1. The molecule has 4 rings (SSSR count). The lowest BCUT2D eigenvalue weighted by Gasteiger charge is -2.58. The molecule has 1 nitrogen and oxygen atoms in total. The lowest BCUT2D eigenvalue weighted by molar-refractivity contribution is -0.0640. The van der Waals surface area contributed by atoms with Gasteiger partial charge in [-0.2, -0.15) is 0 Å². The summed E-state index contributed by atoms with van der Waals surface area (Å²) < 4.78 is 6.29. The van der Waals surface area contributed by atoms with E-state index in [0.29, 0.717) is 16.9 Å². The van der Waals surface area contributed by atoms with E-state index in [-0.39, 0.29) is 0 Å². The van der Waals surface area contributed by atoms with Crippen LogP contribution in [0.5, 0.6) is 0 Å². The molecule has 0 radical (unpaired) electrons. The van der Waals surface area contributed by atoms with Crippen molar-refractivity contribution in [2.24, 2.45) is 46.3 Å².